The molecule has 0 fully saturated rings. The highest BCUT2D eigenvalue weighted by Gasteiger charge is 2.08. The Morgan fingerprint density at radius 2 is 2.20 bits per heavy atom. The van der Waals surface area contributed by atoms with Crippen molar-refractivity contribution in [3.8, 4) is 5.75 Å². The first-order valence-electron chi connectivity index (χ1n) is 4.36. The first kappa shape index (κ1) is 14.5. The average molecular weight is 252 g/mol. The Labute approximate surface area is 101 Å². The van der Waals surface area contributed by atoms with Crippen LogP contribution in [-0.2, 0) is 6.42 Å². The smallest absolute Gasteiger partial charge is 0.122 e. The van der Waals surface area contributed by atoms with Crippen LogP contribution in [0.15, 0.2) is 18.2 Å². The molecule has 0 saturated carbocycles. The third-order valence-corrected chi connectivity index (χ3v) is 2.19. The molecule has 0 radical (unpaired) electrons. The summed E-state index contributed by atoms with van der Waals surface area (Å²) in [5.41, 5.74) is 6.55. The van der Waals surface area contributed by atoms with Crippen LogP contribution in [0.25, 0.3) is 0 Å². The Morgan fingerprint density at radius 1 is 1.53 bits per heavy atom. The van der Waals surface area contributed by atoms with Crippen molar-refractivity contribution in [3.63, 3.8) is 0 Å². The maximum atomic E-state index is 8.83. The Kier molecular flexibility index (Phi) is 6.68. The SMILES string of the molecule is COc1ccc(Cl)cc1CC(N)CO.Cl. The van der Waals surface area contributed by atoms with Gasteiger partial charge in [-0.15, -0.1) is 12.4 Å². The van der Waals surface area contributed by atoms with Gasteiger partial charge in [0, 0.05) is 11.1 Å². The van der Waals surface area contributed by atoms with Crippen molar-refractivity contribution < 1.29 is 9.84 Å². The zero-order valence-electron chi connectivity index (χ0n) is 8.44. The Balaban J connectivity index is 0.00000196. The van der Waals surface area contributed by atoms with Crippen LogP contribution in [0.5, 0.6) is 5.75 Å². The van der Waals surface area contributed by atoms with E-state index in [0.717, 1.165) is 11.3 Å². The van der Waals surface area contributed by atoms with Gasteiger partial charge < -0.3 is 15.6 Å². The highest BCUT2D eigenvalue weighted by molar-refractivity contribution is 6.30. The van der Waals surface area contributed by atoms with E-state index in [1.165, 1.54) is 0 Å². The van der Waals surface area contributed by atoms with Crippen molar-refractivity contribution >= 4 is 24.0 Å². The maximum absolute atomic E-state index is 8.83. The zero-order valence-corrected chi connectivity index (χ0v) is 10.0. The summed E-state index contributed by atoms with van der Waals surface area (Å²) in [7, 11) is 1.59. The van der Waals surface area contributed by atoms with E-state index in [-0.39, 0.29) is 25.1 Å². The predicted molar refractivity (Wildman–Crippen MR) is 64.0 cm³/mol. The largest absolute Gasteiger partial charge is 0.496 e. The van der Waals surface area contributed by atoms with Crippen LogP contribution in [0.3, 0.4) is 0 Å². The zero-order chi connectivity index (χ0) is 10.6. The summed E-state index contributed by atoms with van der Waals surface area (Å²) in [5, 5.41) is 9.47. The van der Waals surface area contributed by atoms with Crippen LogP contribution in [-0.4, -0.2) is 24.9 Å². The van der Waals surface area contributed by atoms with Crippen LogP contribution >= 0.6 is 24.0 Å². The van der Waals surface area contributed by atoms with Gasteiger partial charge >= 0.3 is 0 Å². The molecule has 1 aromatic rings. The van der Waals surface area contributed by atoms with E-state index in [1.807, 2.05) is 0 Å². The summed E-state index contributed by atoms with van der Waals surface area (Å²) >= 11 is 5.84. The second-order valence-electron chi connectivity index (χ2n) is 3.10. The minimum atomic E-state index is -0.276. The van der Waals surface area contributed by atoms with Crippen LogP contribution in [0, 0.1) is 0 Å². The molecule has 0 heterocycles. The summed E-state index contributed by atoms with van der Waals surface area (Å²) in [4.78, 5) is 0. The second-order valence-corrected chi connectivity index (χ2v) is 3.54. The molecule has 5 heteroatoms. The maximum Gasteiger partial charge on any atom is 0.122 e. The molecule has 1 atom stereocenters. The number of aliphatic hydroxyl groups is 1. The quantitative estimate of drug-likeness (QED) is 0.856. The molecule has 1 rings (SSSR count). The summed E-state index contributed by atoms with van der Waals surface area (Å²) < 4.78 is 5.15. The minimum absolute atomic E-state index is 0. The predicted octanol–water partition coefficient (Wildman–Crippen LogP) is 1.63. The summed E-state index contributed by atoms with van der Waals surface area (Å²) in [6, 6.07) is 5.08. The minimum Gasteiger partial charge on any atom is -0.496 e. The van der Waals surface area contributed by atoms with E-state index in [1.54, 1.807) is 25.3 Å². The highest BCUT2D eigenvalue weighted by Crippen LogP contribution is 2.23. The molecule has 0 aliphatic rings. The van der Waals surface area contributed by atoms with Gasteiger partial charge in [0.15, 0.2) is 0 Å². The molecule has 1 unspecified atom stereocenters. The molecule has 0 amide bonds. The fraction of sp³-hybridized carbons (Fsp3) is 0.400. The van der Waals surface area contributed by atoms with Crippen molar-refractivity contribution in [2.75, 3.05) is 13.7 Å². The third-order valence-electron chi connectivity index (χ3n) is 1.96. The Hall–Kier alpha value is -0.480. The average Bonchev–Trinajstić information content (AvgIpc) is 2.18. The molecular formula is C10H15Cl2NO2. The van der Waals surface area contributed by atoms with E-state index in [4.69, 9.17) is 27.2 Å². The number of benzene rings is 1. The fourth-order valence-corrected chi connectivity index (χ4v) is 1.45. The molecule has 0 saturated heterocycles. The molecule has 86 valence electrons. The van der Waals surface area contributed by atoms with Gasteiger partial charge in [-0.1, -0.05) is 11.6 Å². The first-order chi connectivity index (χ1) is 6.67. The number of ether oxygens (including phenoxy) is 1. The molecule has 0 bridgehead atoms. The summed E-state index contributed by atoms with van der Waals surface area (Å²) in [6.45, 7) is -0.0460. The van der Waals surface area contributed by atoms with Crippen LogP contribution in [0.4, 0.5) is 0 Å². The van der Waals surface area contributed by atoms with Gasteiger partial charge in [0.2, 0.25) is 0 Å². The fourth-order valence-electron chi connectivity index (χ4n) is 1.25. The Morgan fingerprint density at radius 3 is 2.73 bits per heavy atom. The number of nitrogens with two attached hydrogens (primary N) is 1. The normalized spacial score (nSPS) is 11.7. The number of aliphatic hydroxyl groups excluding tert-OH is 1. The number of methoxy groups -OCH3 is 1. The van der Waals surface area contributed by atoms with E-state index in [2.05, 4.69) is 0 Å². The van der Waals surface area contributed by atoms with Gasteiger partial charge in [-0.2, -0.15) is 0 Å². The lowest BCUT2D eigenvalue weighted by Crippen LogP contribution is -2.27. The first-order valence-corrected chi connectivity index (χ1v) is 4.74. The molecule has 0 spiro atoms. The number of halogens is 2. The van der Waals surface area contributed by atoms with Crippen LogP contribution in [0.1, 0.15) is 5.56 Å². The van der Waals surface area contributed by atoms with Crippen LogP contribution < -0.4 is 10.5 Å². The van der Waals surface area contributed by atoms with Crippen molar-refractivity contribution in [1.29, 1.82) is 0 Å². The van der Waals surface area contributed by atoms with Gasteiger partial charge in [-0.3, -0.25) is 0 Å². The van der Waals surface area contributed by atoms with Gasteiger partial charge in [-0.25, -0.2) is 0 Å². The van der Waals surface area contributed by atoms with Gasteiger partial charge in [0.25, 0.3) is 0 Å². The topological polar surface area (TPSA) is 55.5 Å². The van der Waals surface area contributed by atoms with E-state index >= 15 is 0 Å². The van der Waals surface area contributed by atoms with Crippen molar-refractivity contribution in [2.24, 2.45) is 5.73 Å². The molecule has 3 N–H and O–H groups in total. The lowest BCUT2D eigenvalue weighted by atomic mass is 10.1. The van der Waals surface area contributed by atoms with Gasteiger partial charge in [-0.05, 0) is 30.2 Å². The second kappa shape index (κ2) is 6.90. The summed E-state index contributed by atoms with van der Waals surface area (Å²) in [6.07, 6.45) is 0.556. The summed E-state index contributed by atoms with van der Waals surface area (Å²) in [5.74, 6) is 0.748. The molecule has 1 aromatic carbocycles. The number of hydrogen-bond donors (Lipinski definition) is 2. The molecule has 0 aliphatic carbocycles. The molecule has 0 aliphatic heterocycles. The van der Waals surface area contributed by atoms with E-state index < -0.39 is 0 Å². The standard InChI is InChI=1S/C10H14ClNO2.ClH/c1-14-10-3-2-8(11)4-7(10)5-9(12)6-13;/h2-4,9,13H,5-6,12H2,1H3;1H. The third kappa shape index (κ3) is 4.26. The lowest BCUT2D eigenvalue weighted by molar-refractivity contribution is 0.264. The molecule has 0 aromatic heterocycles. The highest BCUT2D eigenvalue weighted by atomic mass is 35.5. The monoisotopic (exact) mass is 251 g/mol. The van der Waals surface area contributed by atoms with Crippen LogP contribution in [0.2, 0.25) is 5.02 Å². The van der Waals surface area contributed by atoms with Gasteiger partial charge in [0.1, 0.15) is 5.75 Å². The Bertz CT molecular complexity index is 307. The van der Waals surface area contributed by atoms with E-state index in [0.29, 0.717) is 11.4 Å². The van der Waals surface area contributed by atoms with Crippen molar-refractivity contribution in [3.05, 3.63) is 28.8 Å². The van der Waals surface area contributed by atoms with Crippen molar-refractivity contribution in [1.82, 2.24) is 0 Å². The molecular weight excluding hydrogens is 237 g/mol. The van der Waals surface area contributed by atoms with E-state index in [9.17, 15) is 0 Å². The lowest BCUT2D eigenvalue weighted by Gasteiger charge is -2.12. The van der Waals surface area contributed by atoms with Gasteiger partial charge in [0.05, 0.1) is 13.7 Å². The van der Waals surface area contributed by atoms with Crippen molar-refractivity contribution in [2.45, 2.75) is 12.5 Å². The molecule has 3 nitrogen and oxygen atoms in total. The molecule has 15 heavy (non-hydrogen) atoms. The number of hydrogen-bond acceptors (Lipinski definition) is 3. The number of rotatable bonds is 4.